The van der Waals surface area contributed by atoms with Gasteiger partial charge in [-0.2, -0.15) is 16.8 Å². The summed E-state index contributed by atoms with van der Waals surface area (Å²) in [5.41, 5.74) is 7.15. The molecule has 0 atom stereocenters. The van der Waals surface area contributed by atoms with E-state index in [0.29, 0.717) is 33.8 Å². The maximum Gasteiger partial charge on any atom is 0.294 e. The van der Waals surface area contributed by atoms with E-state index in [1.54, 1.807) is 72.8 Å². The molecule has 8 aromatic rings. The first-order chi connectivity index (χ1) is 30.8. The summed E-state index contributed by atoms with van der Waals surface area (Å²) in [6.07, 6.45) is 3.91. The molecule has 0 bridgehead atoms. The number of nitrogens with zero attached hydrogens (tertiary/aromatic N) is 2. The molecule has 0 fully saturated rings. The second-order valence-corrected chi connectivity index (χ2v) is 17.7. The molecule has 0 spiro atoms. The Bertz CT molecular complexity index is 3180. The highest BCUT2D eigenvalue weighted by Gasteiger charge is 2.14. The van der Waals surface area contributed by atoms with Gasteiger partial charge >= 0.3 is 0 Å². The third kappa shape index (κ3) is 12.7. The fourth-order valence-electron chi connectivity index (χ4n) is 6.36. The van der Waals surface area contributed by atoms with Crippen molar-refractivity contribution in [2.75, 3.05) is 16.0 Å². The van der Waals surface area contributed by atoms with Crippen molar-refractivity contribution in [3.63, 3.8) is 0 Å². The summed E-state index contributed by atoms with van der Waals surface area (Å²) in [5.74, 6) is -0.839. The van der Waals surface area contributed by atoms with Crippen molar-refractivity contribution < 1.29 is 49.5 Å². The van der Waals surface area contributed by atoms with Crippen LogP contribution in [0, 0.1) is 13.8 Å². The Labute approximate surface area is 376 Å². The van der Waals surface area contributed by atoms with Crippen LogP contribution < -0.4 is 25.1 Å². The molecule has 0 saturated heterocycles. The minimum absolute atomic E-state index is 0.0666. The van der Waals surface area contributed by atoms with E-state index >= 15 is 0 Å². The molecule has 0 aliphatic rings. The van der Waals surface area contributed by atoms with Gasteiger partial charge in [0.1, 0.15) is 14.1 Å². The Balaban J connectivity index is 0.000000259. The maximum atomic E-state index is 12.8. The summed E-state index contributed by atoms with van der Waals surface area (Å²) < 4.78 is 63.1. The molecular formula is C49H45N5O9S2+2. The van der Waals surface area contributed by atoms with E-state index in [2.05, 4.69) is 16.0 Å². The van der Waals surface area contributed by atoms with E-state index in [9.17, 15) is 31.2 Å². The van der Waals surface area contributed by atoms with Crippen LogP contribution in [0.15, 0.2) is 180 Å². The number of hydrogen-bond acceptors (Lipinski definition) is 7. The summed E-state index contributed by atoms with van der Waals surface area (Å²) in [5, 5.41) is 10.8. The zero-order valence-corrected chi connectivity index (χ0v) is 37.3. The lowest BCUT2D eigenvalue weighted by atomic mass is 10.1. The van der Waals surface area contributed by atoms with E-state index in [-0.39, 0.29) is 27.5 Å². The summed E-state index contributed by atoms with van der Waals surface area (Å²) in [4.78, 5) is 38.4. The molecule has 0 saturated carbocycles. The number of nitrogens with one attached hydrogen (secondary N) is 3. The van der Waals surface area contributed by atoms with Crippen LogP contribution in [0.5, 0.6) is 0 Å². The molecule has 0 aliphatic carbocycles. The fraction of sp³-hybridized carbons (Fsp3) is 0.0816. The largest absolute Gasteiger partial charge is 0.322 e. The van der Waals surface area contributed by atoms with Crippen LogP contribution in [0.3, 0.4) is 0 Å². The van der Waals surface area contributed by atoms with Gasteiger partial charge in [0.05, 0.1) is 9.79 Å². The Morgan fingerprint density at radius 3 is 1.08 bits per heavy atom. The van der Waals surface area contributed by atoms with Gasteiger partial charge in [0.15, 0.2) is 12.4 Å². The highest BCUT2D eigenvalue weighted by Crippen LogP contribution is 2.20. The third-order valence-electron chi connectivity index (χ3n) is 9.96. The topological polar surface area (TPSA) is 204 Å². The summed E-state index contributed by atoms with van der Waals surface area (Å²) >= 11 is 0. The molecule has 6 aromatic carbocycles. The first-order valence-corrected chi connectivity index (χ1v) is 22.7. The Morgan fingerprint density at radius 2 is 0.738 bits per heavy atom. The average Bonchev–Trinajstić information content (AvgIpc) is 3.27. The van der Waals surface area contributed by atoms with Crippen LogP contribution in [0.25, 0.3) is 21.8 Å². The van der Waals surface area contributed by atoms with Crippen molar-refractivity contribution in [3.05, 3.63) is 198 Å². The van der Waals surface area contributed by atoms with Gasteiger partial charge in [-0.25, -0.2) is 9.13 Å². The molecule has 330 valence electrons. The standard InChI is InChI=1S/C35H27N5O3.2C7H8O3S/c1-39-19-3-5-23-11-17-29(21-31(23)39)37-34(42)26-9-7-25(8-10-26)33(41)36-28-15-13-27(14-16-28)35(43)38-30-18-12-24-6-4-20-40(2)32(24)22-30;2*1-6-2-4-7(5-3-6)11(8,9)10/h3-22H,1-2H3,(H,36,41,43);2*2-5H,1H3,(H,8,9,10)/p+2. The van der Waals surface area contributed by atoms with Gasteiger partial charge in [0.2, 0.25) is 11.0 Å². The molecule has 2 heterocycles. The SMILES string of the molecule is C[n+]1cccc2ccc(NC(=O)c3ccc(NC(=O)c4ccc(C(=O)Nc5ccc6ccc[n+](C)c6c5)cc4)cc3)cc21.Cc1ccc(S(=O)(=O)O)cc1.Cc1ccc(S(=O)(=O)O)cc1. The number of carbonyl (C=O) groups is 3. The molecule has 65 heavy (non-hydrogen) atoms. The van der Waals surface area contributed by atoms with Crippen LogP contribution in [0.1, 0.15) is 42.2 Å². The summed E-state index contributed by atoms with van der Waals surface area (Å²) in [6, 6.07) is 44.6. The molecule has 14 nitrogen and oxygen atoms in total. The second-order valence-electron chi connectivity index (χ2n) is 14.9. The number of pyridine rings is 2. The first kappa shape index (κ1) is 46.9. The van der Waals surface area contributed by atoms with Crippen molar-refractivity contribution >= 4 is 76.8 Å². The van der Waals surface area contributed by atoms with E-state index in [1.807, 2.05) is 110 Å². The summed E-state index contributed by atoms with van der Waals surface area (Å²) in [7, 11) is -4.13. The molecule has 5 N–H and O–H groups in total. The number of benzene rings is 6. The number of hydrogen-bond donors (Lipinski definition) is 5. The van der Waals surface area contributed by atoms with E-state index in [0.717, 1.165) is 32.9 Å². The predicted molar refractivity (Wildman–Crippen MR) is 249 cm³/mol. The van der Waals surface area contributed by atoms with Crippen LogP contribution in [0.4, 0.5) is 17.1 Å². The monoisotopic (exact) mass is 911 g/mol. The highest BCUT2D eigenvalue weighted by atomic mass is 32.2. The Hall–Kier alpha value is -7.63. The number of aryl methyl sites for hydroxylation is 4. The molecule has 0 radical (unpaired) electrons. The number of anilines is 3. The molecule has 2 aromatic heterocycles. The van der Waals surface area contributed by atoms with Crippen LogP contribution in [-0.2, 0) is 34.3 Å². The van der Waals surface area contributed by atoms with Crippen molar-refractivity contribution in [2.45, 2.75) is 23.6 Å². The lowest BCUT2D eigenvalue weighted by Crippen LogP contribution is -2.28. The lowest BCUT2D eigenvalue weighted by molar-refractivity contribution is -0.645. The van der Waals surface area contributed by atoms with Gasteiger partial charge in [-0.3, -0.25) is 23.5 Å². The van der Waals surface area contributed by atoms with Gasteiger partial charge in [-0.1, -0.05) is 35.4 Å². The minimum Gasteiger partial charge on any atom is -0.322 e. The van der Waals surface area contributed by atoms with Gasteiger partial charge in [-0.05, 0) is 123 Å². The van der Waals surface area contributed by atoms with Gasteiger partial charge in [0.25, 0.3) is 38.0 Å². The molecule has 8 rings (SSSR count). The Kier molecular flexibility index (Phi) is 14.6. The Morgan fingerprint density at radius 1 is 0.431 bits per heavy atom. The van der Waals surface area contributed by atoms with Crippen molar-refractivity contribution in [1.29, 1.82) is 0 Å². The van der Waals surface area contributed by atoms with Crippen molar-refractivity contribution in [3.8, 4) is 0 Å². The molecule has 0 unspecified atom stereocenters. The second kappa shape index (κ2) is 20.3. The van der Waals surface area contributed by atoms with Crippen molar-refractivity contribution in [1.82, 2.24) is 0 Å². The minimum atomic E-state index is -4.02. The average molecular weight is 912 g/mol. The van der Waals surface area contributed by atoms with Gasteiger partial charge < -0.3 is 16.0 Å². The maximum absolute atomic E-state index is 12.8. The van der Waals surface area contributed by atoms with E-state index < -0.39 is 20.2 Å². The predicted octanol–water partition coefficient (Wildman–Crippen LogP) is 7.88. The number of fused-ring (bicyclic) bond motifs is 2. The zero-order chi connectivity index (χ0) is 46.9. The highest BCUT2D eigenvalue weighted by molar-refractivity contribution is 7.86. The quantitative estimate of drug-likeness (QED) is 0.0742. The number of amides is 3. The third-order valence-corrected chi connectivity index (χ3v) is 11.7. The number of aromatic nitrogens is 2. The first-order valence-electron chi connectivity index (χ1n) is 19.8. The zero-order valence-electron chi connectivity index (χ0n) is 35.6. The molecule has 16 heteroatoms. The molecule has 3 amide bonds. The smallest absolute Gasteiger partial charge is 0.294 e. The van der Waals surface area contributed by atoms with Gasteiger partial charge in [0, 0.05) is 68.8 Å². The number of carbonyl (C=O) groups excluding carboxylic acids is 3. The normalized spacial score (nSPS) is 11.0. The van der Waals surface area contributed by atoms with E-state index in [1.165, 1.54) is 24.3 Å². The van der Waals surface area contributed by atoms with Crippen LogP contribution in [0.2, 0.25) is 0 Å². The van der Waals surface area contributed by atoms with Crippen LogP contribution in [-0.4, -0.2) is 43.7 Å². The number of rotatable bonds is 8. The van der Waals surface area contributed by atoms with Crippen molar-refractivity contribution in [2.24, 2.45) is 14.1 Å². The van der Waals surface area contributed by atoms with Gasteiger partial charge in [-0.15, -0.1) is 0 Å². The molecule has 0 aliphatic heterocycles. The fourth-order valence-corrected chi connectivity index (χ4v) is 7.32. The summed E-state index contributed by atoms with van der Waals surface area (Å²) in [6.45, 7) is 3.68. The lowest BCUT2D eigenvalue weighted by Gasteiger charge is -2.09. The van der Waals surface area contributed by atoms with E-state index in [4.69, 9.17) is 9.11 Å². The van der Waals surface area contributed by atoms with Crippen LogP contribution >= 0.6 is 0 Å². The molecular weight excluding hydrogens is 867 g/mol.